The SMILES string of the molecule is CC1CC(C)CN(C(=O)c2ccccc2NCC(=O)NC(=O)NC(C)(C)C)C1. The minimum absolute atomic E-state index is 0.0348. The number of carbonyl (C=O) groups is 3. The number of urea groups is 1. The van der Waals surface area contributed by atoms with Crippen molar-refractivity contribution in [3.8, 4) is 0 Å². The Morgan fingerprint density at radius 3 is 2.29 bits per heavy atom. The van der Waals surface area contributed by atoms with Gasteiger partial charge in [-0.1, -0.05) is 26.0 Å². The highest BCUT2D eigenvalue weighted by Gasteiger charge is 2.27. The first kappa shape index (κ1) is 21.7. The van der Waals surface area contributed by atoms with Gasteiger partial charge in [0.25, 0.3) is 5.91 Å². The van der Waals surface area contributed by atoms with Gasteiger partial charge < -0.3 is 15.5 Å². The van der Waals surface area contributed by atoms with E-state index in [1.807, 2.05) is 37.8 Å². The van der Waals surface area contributed by atoms with Gasteiger partial charge in [-0.3, -0.25) is 14.9 Å². The summed E-state index contributed by atoms with van der Waals surface area (Å²) in [6.07, 6.45) is 1.13. The number of carbonyl (C=O) groups excluding carboxylic acids is 3. The number of hydrogen-bond donors (Lipinski definition) is 3. The van der Waals surface area contributed by atoms with Crippen molar-refractivity contribution in [2.75, 3.05) is 25.0 Å². The number of imide groups is 1. The van der Waals surface area contributed by atoms with E-state index in [1.165, 1.54) is 0 Å². The molecular formula is C21H32N4O3. The summed E-state index contributed by atoms with van der Waals surface area (Å²) in [5, 5.41) is 7.94. The Morgan fingerprint density at radius 2 is 1.68 bits per heavy atom. The molecule has 2 rings (SSSR count). The maximum atomic E-state index is 13.0. The molecule has 0 spiro atoms. The van der Waals surface area contributed by atoms with Gasteiger partial charge in [0.15, 0.2) is 0 Å². The van der Waals surface area contributed by atoms with Crippen LogP contribution in [0.4, 0.5) is 10.5 Å². The topological polar surface area (TPSA) is 90.5 Å². The molecule has 154 valence electrons. The van der Waals surface area contributed by atoms with Gasteiger partial charge in [0.05, 0.1) is 12.1 Å². The van der Waals surface area contributed by atoms with Gasteiger partial charge in [0.1, 0.15) is 0 Å². The van der Waals surface area contributed by atoms with E-state index in [2.05, 4.69) is 29.8 Å². The fourth-order valence-electron chi connectivity index (χ4n) is 3.54. The minimum Gasteiger partial charge on any atom is -0.375 e. The van der Waals surface area contributed by atoms with Gasteiger partial charge in [-0.2, -0.15) is 0 Å². The molecule has 1 fully saturated rings. The van der Waals surface area contributed by atoms with Gasteiger partial charge in [-0.15, -0.1) is 0 Å². The summed E-state index contributed by atoms with van der Waals surface area (Å²) in [4.78, 5) is 38.7. The molecule has 0 radical (unpaired) electrons. The predicted molar refractivity (Wildman–Crippen MR) is 110 cm³/mol. The number of benzene rings is 1. The molecule has 2 unspecified atom stereocenters. The van der Waals surface area contributed by atoms with Crippen LogP contribution in [0.25, 0.3) is 0 Å². The highest BCUT2D eigenvalue weighted by Crippen LogP contribution is 2.24. The third-order valence-electron chi connectivity index (χ3n) is 4.49. The molecule has 1 heterocycles. The van der Waals surface area contributed by atoms with Gasteiger partial charge in [-0.05, 0) is 51.2 Å². The average molecular weight is 389 g/mol. The highest BCUT2D eigenvalue weighted by molar-refractivity contribution is 6.01. The lowest BCUT2D eigenvalue weighted by Gasteiger charge is -2.35. The van der Waals surface area contributed by atoms with Crippen molar-refractivity contribution in [2.24, 2.45) is 11.8 Å². The van der Waals surface area contributed by atoms with Crippen molar-refractivity contribution in [3.05, 3.63) is 29.8 Å². The monoisotopic (exact) mass is 388 g/mol. The number of piperidine rings is 1. The molecule has 1 saturated heterocycles. The molecule has 7 heteroatoms. The molecule has 1 aliphatic heterocycles. The lowest BCUT2D eigenvalue weighted by Crippen LogP contribution is -2.49. The van der Waals surface area contributed by atoms with E-state index >= 15 is 0 Å². The number of nitrogens with zero attached hydrogens (tertiary/aromatic N) is 1. The van der Waals surface area contributed by atoms with Gasteiger partial charge in [0, 0.05) is 24.3 Å². The van der Waals surface area contributed by atoms with E-state index in [0.717, 1.165) is 19.5 Å². The number of amides is 4. The summed E-state index contributed by atoms with van der Waals surface area (Å²) in [7, 11) is 0. The second-order valence-electron chi connectivity index (χ2n) is 8.81. The fourth-order valence-corrected chi connectivity index (χ4v) is 3.54. The Balaban J connectivity index is 1.99. The molecular weight excluding hydrogens is 356 g/mol. The van der Waals surface area contributed by atoms with E-state index < -0.39 is 17.5 Å². The van der Waals surface area contributed by atoms with Crippen molar-refractivity contribution in [1.82, 2.24) is 15.5 Å². The van der Waals surface area contributed by atoms with E-state index in [-0.39, 0.29) is 12.5 Å². The normalized spacial score (nSPS) is 19.7. The minimum atomic E-state index is -0.542. The van der Waals surface area contributed by atoms with E-state index in [0.29, 0.717) is 23.1 Å². The molecule has 1 aromatic carbocycles. The van der Waals surface area contributed by atoms with Gasteiger partial charge in [0.2, 0.25) is 5.91 Å². The first-order chi connectivity index (χ1) is 13.0. The first-order valence-corrected chi connectivity index (χ1v) is 9.79. The van der Waals surface area contributed by atoms with Crippen LogP contribution in [-0.2, 0) is 4.79 Å². The molecule has 0 bridgehead atoms. The second-order valence-corrected chi connectivity index (χ2v) is 8.81. The zero-order valence-corrected chi connectivity index (χ0v) is 17.5. The predicted octanol–water partition coefficient (Wildman–Crippen LogP) is 2.84. The fraction of sp³-hybridized carbons (Fsp3) is 0.571. The lowest BCUT2D eigenvalue weighted by atomic mass is 9.91. The first-order valence-electron chi connectivity index (χ1n) is 9.79. The number of likely N-dealkylation sites (tertiary alicyclic amines) is 1. The second kappa shape index (κ2) is 9.08. The van der Waals surface area contributed by atoms with Crippen LogP contribution in [0.2, 0.25) is 0 Å². The molecule has 0 aromatic heterocycles. The molecule has 2 atom stereocenters. The Kier molecular flexibility index (Phi) is 7.05. The maximum Gasteiger partial charge on any atom is 0.321 e. The zero-order chi connectivity index (χ0) is 20.9. The quantitative estimate of drug-likeness (QED) is 0.740. The summed E-state index contributed by atoms with van der Waals surface area (Å²) >= 11 is 0. The smallest absolute Gasteiger partial charge is 0.321 e. The van der Waals surface area contributed by atoms with Crippen molar-refractivity contribution < 1.29 is 14.4 Å². The largest absolute Gasteiger partial charge is 0.375 e. The highest BCUT2D eigenvalue weighted by atomic mass is 16.2. The van der Waals surface area contributed by atoms with Crippen molar-refractivity contribution in [2.45, 2.75) is 46.6 Å². The van der Waals surface area contributed by atoms with Crippen LogP contribution < -0.4 is 16.0 Å². The Morgan fingerprint density at radius 1 is 1.07 bits per heavy atom. The average Bonchev–Trinajstić information content (AvgIpc) is 2.57. The lowest BCUT2D eigenvalue weighted by molar-refractivity contribution is -0.118. The molecule has 0 aliphatic carbocycles. The van der Waals surface area contributed by atoms with Crippen LogP contribution in [0.3, 0.4) is 0 Å². The molecule has 1 aliphatic rings. The Bertz CT molecular complexity index is 717. The van der Waals surface area contributed by atoms with Crippen molar-refractivity contribution >= 4 is 23.5 Å². The number of nitrogens with one attached hydrogen (secondary N) is 3. The van der Waals surface area contributed by atoms with Crippen LogP contribution in [0.15, 0.2) is 24.3 Å². The van der Waals surface area contributed by atoms with Crippen LogP contribution in [0.1, 0.15) is 51.4 Å². The summed E-state index contributed by atoms with van der Waals surface area (Å²) in [5.41, 5.74) is 0.694. The number of rotatable bonds is 4. The molecule has 7 nitrogen and oxygen atoms in total. The van der Waals surface area contributed by atoms with Crippen molar-refractivity contribution in [3.63, 3.8) is 0 Å². The third kappa shape index (κ3) is 6.55. The number of anilines is 1. The van der Waals surface area contributed by atoms with E-state index in [1.54, 1.807) is 12.1 Å². The standard InChI is InChI=1S/C21H32N4O3/c1-14-10-15(2)13-25(12-14)19(27)16-8-6-7-9-17(16)22-11-18(26)23-20(28)24-21(3,4)5/h6-9,14-15,22H,10-13H2,1-5H3,(H2,23,24,26,28). The van der Waals surface area contributed by atoms with E-state index in [9.17, 15) is 14.4 Å². The molecule has 28 heavy (non-hydrogen) atoms. The van der Waals surface area contributed by atoms with Gasteiger partial charge in [-0.25, -0.2) is 4.79 Å². The van der Waals surface area contributed by atoms with Crippen LogP contribution in [0, 0.1) is 11.8 Å². The number of para-hydroxylation sites is 1. The molecule has 0 saturated carbocycles. The van der Waals surface area contributed by atoms with Gasteiger partial charge >= 0.3 is 6.03 Å². The summed E-state index contributed by atoms with van der Waals surface area (Å²) in [5.74, 6) is 0.441. The Hall–Kier alpha value is -2.57. The van der Waals surface area contributed by atoms with Crippen LogP contribution in [-0.4, -0.2) is 47.9 Å². The maximum absolute atomic E-state index is 13.0. The van der Waals surface area contributed by atoms with E-state index in [4.69, 9.17) is 0 Å². The Labute approximate surface area is 167 Å². The number of hydrogen-bond acceptors (Lipinski definition) is 4. The third-order valence-corrected chi connectivity index (χ3v) is 4.49. The van der Waals surface area contributed by atoms with Crippen LogP contribution in [0.5, 0.6) is 0 Å². The summed E-state index contributed by atoms with van der Waals surface area (Å²) < 4.78 is 0. The summed E-state index contributed by atoms with van der Waals surface area (Å²) in [6.45, 7) is 11.2. The molecule has 4 amide bonds. The van der Waals surface area contributed by atoms with Crippen LogP contribution >= 0.6 is 0 Å². The summed E-state index contributed by atoms with van der Waals surface area (Å²) in [6, 6.07) is 6.61. The molecule has 1 aromatic rings. The zero-order valence-electron chi connectivity index (χ0n) is 17.5. The van der Waals surface area contributed by atoms with Crippen molar-refractivity contribution in [1.29, 1.82) is 0 Å². The molecule has 3 N–H and O–H groups in total.